The van der Waals surface area contributed by atoms with E-state index in [0.717, 1.165) is 16.4 Å². The zero-order valence-corrected chi connectivity index (χ0v) is 18.4. The number of nitrogens with two attached hydrogens (primary N) is 2. The number of rotatable bonds is 8. The van der Waals surface area contributed by atoms with Crippen molar-refractivity contribution in [2.45, 2.75) is 24.0 Å². The van der Waals surface area contributed by atoms with Gasteiger partial charge < -0.3 is 21.3 Å². The van der Waals surface area contributed by atoms with Gasteiger partial charge in [0.05, 0.1) is 28.6 Å². The number of sulfonamides is 1. The molecule has 1 aliphatic rings. The van der Waals surface area contributed by atoms with E-state index in [9.17, 15) is 31.1 Å². The van der Waals surface area contributed by atoms with Crippen molar-refractivity contribution < 1.29 is 35.8 Å². The highest BCUT2D eigenvalue weighted by Crippen LogP contribution is 2.32. The first-order valence-electron chi connectivity index (χ1n) is 9.69. The molecular formula is C20H24F4N4O4S. The largest absolute Gasteiger partial charge is 0.493 e. The number of allylic oxidation sites excluding steroid dienone is 2. The SMILES string of the molecule is CC(/C=C\C(=C/N)C(F)(F)F)S(=O)(=O)N1CC(COc2ccc(C#N)c(F)c2)[C@](O)(CN)C1. The molecule has 1 aliphatic heterocycles. The minimum Gasteiger partial charge on any atom is -0.493 e. The maximum absolute atomic E-state index is 13.8. The Hall–Kier alpha value is -2.66. The van der Waals surface area contributed by atoms with Crippen molar-refractivity contribution in [1.29, 1.82) is 5.26 Å². The third-order valence-electron chi connectivity index (χ3n) is 5.38. The Labute approximate surface area is 188 Å². The maximum atomic E-state index is 13.8. The van der Waals surface area contributed by atoms with Crippen molar-refractivity contribution in [2.24, 2.45) is 17.4 Å². The number of aliphatic hydroxyl groups is 1. The summed E-state index contributed by atoms with van der Waals surface area (Å²) in [6, 6.07) is 5.21. The number of β-amino-alcohol motifs (C(OH)–C–C–N with tert-alkyl or cyclic N) is 1. The Kier molecular flexibility index (Phi) is 8.13. The molecule has 1 heterocycles. The van der Waals surface area contributed by atoms with E-state index in [2.05, 4.69) is 0 Å². The number of alkyl halides is 3. The normalized spacial score (nSPS) is 23.6. The Balaban J connectivity index is 2.16. The molecule has 0 radical (unpaired) electrons. The van der Waals surface area contributed by atoms with Gasteiger partial charge in [0.25, 0.3) is 0 Å². The molecule has 2 unspecified atom stereocenters. The average molecular weight is 492 g/mol. The summed E-state index contributed by atoms with van der Waals surface area (Å²) in [5, 5.41) is 18.2. The lowest BCUT2D eigenvalue weighted by Gasteiger charge is -2.27. The molecule has 1 saturated heterocycles. The van der Waals surface area contributed by atoms with E-state index in [1.165, 1.54) is 19.1 Å². The predicted octanol–water partition coefficient (Wildman–Crippen LogP) is 1.38. The van der Waals surface area contributed by atoms with E-state index in [0.29, 0.717) is 12.3 Å². The summed E-state index contributed by atoms with van der Waals surface area (Å²) in [7, 11) is -4.16. The number of hydrogen-bond donors (Lipinski definition) is 3. The fourth-order valence-electron chi connectivity index (χ4n) is 3.24. The first-order valence-corrected chi connectivity index (χ1v) is 11.2. The van der Waals surface area contributed by atoms with Gasteiger partial charge in [-0.15, -0.1) is 0 Å². The van der Waals surface area contributed by atoms with Gasteiger partial charge in [-0.05, 0) is 19.1 Å². The van der Waals surface area contributed by atoms with Crippen LogP contribution in [-0.2, 0) is 10.0 Å². The summed E-state index contributed by atoms with van der Waals surface area (Å²) in [5.41, 5.74) is 7.56. The first-order chi connectivity index (χ1) is 15.3. The standard InChI is InChI=1S/C20H24F4N4O4S/c1-13(2-4-15(8-26)20(22,23)24)33(30,31)28-9-16(19(29,11-27)12-28)10-32-17-5-3-14(7-25)18(21)6-17/h2-6,8,13,16,29H,9-12,26-27H2,1H3/b4-2-,15-8+/t13?,16?,19-/m0/s1. The molecule has 3 atom stereocenters. The zero-order valence-electron chi connectivity index (χ0n) is 17.6. The van der Waals surface area contributed by atoms with Crippen LogP contribution in [0.1, 0.15) is 12.5 Å². The van der Waals surface area contributed by atoms with Gasteiger partial charge in [-0.25, -0.2) is 12.8 Å². The Bertz CT molecular complexity index is 1070. The second-order valence-corrected chi connectivity index (χ2v) is 9.88. The van der Waals surface area contributed by atoms with E-state index < -0.39 is 50.9 Å². The summed E-state index contributed by atoms with van der Waals surface area (Å²) in [6.07, 6.45) is -2.98. The summed E-state index contributed by atoms with van der Waals surface area (Å²) in [6.45, 7) is 0.0577. The van der Waals surface area contributed by atoms with Crippen molar-refractivity contribution in [1.82, 2.24) is 4.31 Å². The van der Waals surface area contributed by atoms with Crippen molar-refractivity contribution in [2.75, 3.05) is 26.2 Å². The molecule has 13 heteroatoms. The van der Waals surface area contributed by atoms with Crippen molar-refractivity contribution in [3.63, 3.8) is 0 Å². The molecule has 8 nitrogen and oxygen atoms in total. The van der Waals surface area contributed by atoms with E-state index >= 15 is 0 Å². The highest BCUT2D eigenvalue weighted by molar-refractivity contribution is 7.89. The van der Waals surface area contributed by atoms with E-state index in [-0.39, 0.29) is 31.0 Å². The van der Waals surface area contributed by atoms with Crippen LogP contribution in [0.5, 0.6) is 5.75 Å². The van der Waals surface area contributed by atoms with Gasteiger partial charge in [0.2, 0.25) is 10.0 Å². The second-order valence-electron chi connectivity index (χ2n) is 7.59. The lowest BCUT2D eigenvalue weighted by atomic mass is 9.92. The van der Waals surface area contributed by atoms with Gasteiger partial charge in [0, 0.05) is 37.8 Å². The molecule has 0 saturated carbocycles. The number of halogens is 4. The van der Waals surface area contributed by atoms with Gasteiger partial charge >= 0.3 is 6.18 Å². The fraction of sp³-hybridized carbons (Fsp3) is 0.450. The highest BCUT2D eigenvalue weighted by atomic mass is 32.2. The molecule has 1 fully saturated rings. The number of ether oxygens (including phenoxy) is 1. The van der Waals surface area contributed by atoms with Crippen molar-refractivity contribution >= 4 is 10.0 Å². The molecule has 1 aromatic rings. The van der Waals surface area contributed by atoms with Gasteiger partial charge in [-0.3, -0.25) is 0 Å². The van der Waals surface area contributed by atoms with E-state index in [1.807, 2.05) is 0 Å². The van der Waals surface area contributed by atoms with Crippen molar-refractivity contribution in [3.05, 3.63) is 53.5 Å². The third-order valence-corrected chi connectivity index (χ3v) is 7.48. The Morgan fingerprint density at radius 2 is 2.15 bits per heavy atom. The van der Waals surface area contributed by atoms with Crippen LogP contribution < -0.4 is 16.2 Å². The molecule has 0 spiro atoms. The lowest BCUT2D eigenvalue weighted by Crippen LogP contribution is -2.47. The summed E-state index contributed by atoms with van der Waals surface area (Å²) < 4.78 is 84.3. The van der Waals surface area contributed by atoms with Crippen LogP contribution in [0.3, 0.4) is 0 Å². The summed E-state index contributed by atoms with van der Waals surface area (Å²) in [4.78, 5) is 0. The topological polar surface area (TPSA) is 143 Å². The van der Waals surface area contributed by atoms with Crippen LogP contribution in [0.15, 0.2) is 42.1 Å². The molecule has 0 aliphatic carbocycles. The molecule has 5 N–H and O–H groups in total. The van der Waals surface area contributed by atoms with E-state index in [1.54, 1.807) is 6.07 Å². The quantitative estimate of drug-likeness (QED) is 0.368. The molecular weight excluding hydrogens is 468 g/mol. The monoisotopic (exact) mass is 492 g/mol. The predicted molar refractivity (Wildman–Crippen MR) is 112 cm³/mol. The maximum Gasteiger partial charge on any atom is 0.417 e. The van der Waals surface area contributed by atoms with Gasteiger partial charge in [-0.2, -0.15) is 22.7 Å². The number of hydrogen-bond acceptors (Lipinski definition) is 7. The molecule has 2 rings (SSSR count). The Morgan fingerprint density at radius 1 is 1.48 bits per heavy atom. The summed E-state index contributed by atoms with van der Waals surface area (Å²) >= 11 is 0. The first kappa shape index (κ1) is 26.6. The molecule has 0 amide bonds. The van der Waals surface area contributed by atoms with Crippen LogP contribution in [0.25, 0.3) is 0 Å². The lowest BCUT2D eigenvalue weighted by molar-refractivity contribution is -0.0883. The second kappa shape index (κ2) is 10.1. The smallest absolute Gasteiger partial charge is 0.417 e. The average Bonchev–Trinajstić information content (AvgIpc) is 3.09. The fourth-order valence-corrected chi connectivity index (χ4v) is 4.78. The Morgan fingerprint density at radius 3 is 2.67 bits per heavy atom. The minimum atomic E-state index is -4.74. The molecule has 182 valence electrons. The van der Waals surface area contributed by atoms with Gasteiger partial charge in [0.1, 0.15) is 17.6 Å². The highest BCUT2D eigenvalue weighted by Gasteiger charge is 2.49. The number of benzene rings is 1. The zero-order chi connectivity index (χ0) is 25.0. The van der Waals surface area contributed by atoms with Crippen molar-refractivity contribution in [3.8, 4) is 11.8 Å². The number of nitrogens with zero attached hydrogens (tertiary/aromatic N) is 2. The van der Waals surface area contributed by atoms with Crippen LogP contribution in [0, 0.1) is 23.1 Å². The summed E-state index contributed by atoms with van der Waals surface area (Å²) in [5.74, 6) is -1.54. The number of nitriles is 1. The van der Waals surface area contributed by atoms with Crippen LogP contribution in [0.2, 0.25) is 0 Å². The van der Waals surface area contributed by atoms with Crippen LogP contribution in [-0.4, -0.2) is 61.1 Å². The van der Waals surface area contributed by atoms with Gasteiger partial charge in [-0.1, -0.05) is 12.2 Å². The molecule has 0 aromatic heterocycles. The van der Waals surface area contributed by atoms with E-state index in [4.69, 9.17) is 21.5 Å². The molecule has 33 heavy (non-hydrogen) atoms. The van der Waals surface area contributed by atoms with Gasteiger partial charge in [0.15, 0.2) is 0 Å². The molecule has 1 aromatic carbocycles. The minimum absolute atomic E-state index is 0.0664. The molecule has 0 bridgehead atoms. The van der Waals surface area contributed by atoms with Crippen LogP contribution >= 0.6 is 0 Å². The van der Waals surface area contributed by atoms with Crippen LogP contribution in [0.4, 0.5) is 17.6 Å². The third kappa shape index (κ3) is 6.02.